The number of hydrogen-bond acceptors (Lipinski definition) is 2. The number of likely N-dealkylation sites (N-methyl/N-ethyl adjacent to an activating group) is 1. The first kappa shape index (κ1) is 11.4. The minimum atomic E-state index is -0.317. The molecule has 0 heterocycles. The topological polar surface area (TPSA) is 29.5 Å². The monoisotopic (exact) mass is 173 g/mol. The normalized spacial score (nSPS) is 13.2. The molecular weight excluding hydrogens is 154 g/mol. The van der Waals surface area contributed by atoms with Crippen LogP contribution in [0.4, 0.5) is 0 Å². The quantitative estimate of drug-likeness (QED) is 0.638. The van der Waals surface area contributed by atoms with Crippen molar-refractivity contribution < 1.29 is 9.53 Å². The maximum atomic E-state index is 11.3. The zero-order valence-electron chi connectivity index (χ0n) is 8.63. The second-order valence-electron chi connectivity index (χ2n) is 3.60. The second kappa shape index (κ2) is 5.14. The number of hydrogen-bond donors (Lipinski definition) is 0. The molecule has 1 amide bonds. The van der Waals surface area contributed by atoms with Crippen LogP contribution >= 0.6 is 0 Å². The van der Waals surface area contributed by atoms with Crippen molar-refractivity contribution in [1.29, 1.82) is 0 Å². The van der Waals surface area contributed by atoms with Gasteiger partial charge < -0.3 is 9.64 Å². The Morgan fingerprint density at radius 3 is 2.17 bits per heavy atom. The van der Waals surface area contributed by atoms with Gasteiger partial charge in [0.2, 0.25) is 0 Å². The van der Waals surface area contributed by atoms with Crippen LogP contribution in [0.25, 0.3) is 0 Å². The Labute approximate surface area is 74.7 Å². The molecule has 0 spiro atoms. The van der Waals surface area contributed by atoms with Gasteiger partial charge in [-0.3, -0.25) is 4.79 Å². The van der Waals surface area contributed by atoms with Crippen molar-refractivity contribution in [2.24, 2.45) is 5.92 Å². The van der Waals surface area contributed by atoms with E-state index in [1.54, 1.807) is 25.9 Å². The lowest BCUT2D eigenvalue weighted by molar-refractivity contribution is -0.140. The Kier molecular flexibility index (Phi) is 4.90. The van der Waals surface area contributed by atoms with Gasteiger partial charge in [-0.2, -0.15) is 0 Å². The smallest absolute Gasteiger partial charge is 0.250 e. The highest BCUT2D eigenvalue weighted by molar-refractivity contribution is 5.79. The predicted octanol–water partition coefficient (Wildman–Crippen LogP) is 1.14. The lowest BCUT2D eigenvalue weighted by Crippen LogP contribution is -2.34. The van der Waals surface area contributed by atoms with Gasteiger partial charge in [-0.1, -0.05) is 13.8 Å². The van der Waals surface area contributed by atoms with Crippen LogP contribution in [0.1, 0.15) is 20.8 Å². The first-order valence-electron chi connectivity index (χ1n) is 4.28. The molecule has 0 aromatic rings. The fourth-order valence-corrected chi connectivity index (χ4v) is 0.772. The van der Waals surface area contributed by atoms with Gasteiger partial charge in [-0.05, 0) is 12.8 Å². The summed E-state index contributed by atoms with van der Waals surface area (Å²) in [7, 11) is 3.47. The van der Waals surface area contributed by atoms with Crippen molar-refractivity contribution in [3.05, 3.63) is 0 Å². The number of carbonyl (C=O) groups is 1. The Hall–Kier alpha value is -0.570. The molecule has 0 aliphatic rings. The summed E-state index contributed by atoms with van der Waals surface area (Å²) in [5, 5.41) is 0. The third-order valence-corrected chi connectivity index (χ3v) is 1.47. The molecule has 0 saturated carbocycles. The fraction of sp³-hybridized carbons (Fsp3) is 0.889. The predicted molar refractivity (Wildman–Crippen MR) is 48.9 cm³/mol. The van der Waals surface area contributed by atoms with E-state index in [4.69, 9.17) is 4.74 Å². The minimum Gasteiger partial charge on any atom is -0.368 e. The van der Waals surface area contributed by atoms with Crippen LogP contribution < -0.4 is 0 Å². The highest BCUT2D eigenvalue weighted by Gasteiger charge is 2.14. The van der Waals surface area contributed by atoms with Gasteiger partial charge in [0.15, 0.2) is 0 Å². The molecule has 3 nitrogen and oxygen atoms in total. The Bertz CT molecular complexity index is 143. The fourth-order valence-electron chi connectivity index (χ4n) is 0.772. The van der Waals surface area contributed by atoms with Crippen molar-refractivity contribution in [3.63, 3.8) is 0 Å². The number of rotatable bonds is 4. The molecule has 72 valence electrons. The molecule has 3 heteroatoms. The van der Waals surface area contributed by atoms with Crippen LogP contribution in [0.3, 0.4) is 0 Å². The molecule has 0 fully saturated rings. The number of carbonyl (C=O) groups excluding carboxylic acids is 1. The van der Waals surface area contributed by atoms with Gasteiger partial charge in [0, 0.05) is 20.7 Å². The number of ether oxygens (including phenoxy) is 1. The Morgan fingerprint density at radius 1 is 1.33 bits per heavy atom. The lowest BCUT2D eigenvalue weighted by atomic mass is 10.2. The average Bonchev–Trinajstić information content (AvgIpc) is 1.98. The number of nitrogens with zero attached hydrogens (tertiary/aromatic N) is 1. The van der Waals surface area contributed by atoms with E-state index in [9.17, 15) is 4.79 Å². The van der Waals surface area contributed by atoms with Crippen molar-refractivity contribution in [2.45, 2.75) is 26.9 Å². The van der Waals surface area contributed by atoms with Gasteiger partial charge in [-0.15, -0.1) is 0 Å². The van der Waals surface area contributed by atoms with Crippen molar-refractivity contribution in [2.75, 3.05) is 20.7 Å². The van der Waals surface area contributed by atoms with Gasteiger partial charge in [-0.25, -0.2) is 0 Å². The van der Waals surface area contributed by atoms with E-state index in [0.29, 0.717) is 12.5 Å². The SMILES string of the molecule is CC(C)COC(C)C(=O)N(C)C. The summed E-state index contributed by atoms with van der Waals surface area (Å²) in [6, 6.07) is 0. The molecule has 1 unspecified atom stereocenters. The van der Waals surface area contributed by atoms with Crippen LogP contribution in [0.5, 0.6) is 0 Å². The van der Waals surface area contributed by atoms with E-state index < -0.39 is 0 Å². The molecular formula is C9H19NO2. The van der Waals surface area contributed by atoms with Crippen LogP contribution in [-0.2, 0) is 9.53 Å². The summed E-state index contributed by atoms with van der Waals surface area (Å²) < 4.78 is 5.34. The van der Waals surface area contributed by atoms with E-state index in [2.05, 4.69) is 13.8 Å². The summed E-state index contributed by atoms with van der Waals surface area (Å²) >= 11 is 0. The van der Waals surface area contributed by atoms with E-state index >= 15 is 0 Å². The molecule has 0 aromatic carbocycles. The summed E-state index contributed by atoms with van der Waals surface area (Å²) in [4.78, 5) is 12.8. The third-order valence-electron chi connectivity index (χ3n) is 1.47. The zero-order chi connectivity index (χ0) is 9.72. The van der Waals surface area contributed by atoms with Crippen LogP contribution in [0, 0.1) is 5.92 Å². The van der Waals surface area contributed by atoms with Gasteiger partial charge >= 0.3 is 0 Å². The summed E-state index contributed by atoms with van der Waals surface area (Å²) in [5.74, 6) is 0.498. The third kappa shape index (κ3) is 4.34. The van der Waals surface area contributed by atoms with Crippen molar-refractivity contribution >= 4 is 5.91 Å². The average molecular weight is 173 g/mol. The molecule has 0 N–H and O–H groups in total. The summed E-state index contributed by atoms with van der Waals surface area (Å²) in [6.07, 6.45) is -0.317. The molecule has 0 aromatic heterocycles. The second-order valence-corrected chi connectivity index (χ2v) is 3.60. The molecule has 0 aliphatic heterocycles. The minimum absolute atomic E-state index is 0.0238. The molecule has 0 bridgehead atoms. The molecule has 0 radical (unpaired) electrons. The highest BCUT2D eigenvalue weighted by atomic mass is 16.5. The Balaban J connectivity index is 3.72. The van der Waals surface area contributed by atoms with E-state index in [0.717, 1.165) is 0 Å². The largest absolute Gasteiger partial charge is 0.368 e. The van der Waals surface area contributed by atoms with Crippen LogP contribution in [0.15, 0.2) is 0 Å². The lowest BCUT2D eigenvalue weighted by Gasteiger charge is -2.18. The summed E-state index contributed by atoms with van der Waals surface area (Å²) in [5.41, 5.74) is 0. The first-order valence-corrected chi connectivity index (χ1v) is 4.28. The number of amides is 1. The molecule has 12 heavy (non-hydrogen) atoms. The van der Waals surface area contributed by atoms with Gasteiger partial charge in [0.1, 0.15) is 6.10 Å². The van der Waals surface area contributed by atoms with Crippen LogP contribution in [-0.4, -0.2) is 37.6 Å². The molecule has 0 rings (SSSR count). The van der Waals surface area contributed by atoms with Gasteiger partial charge in [0.05, 0.1) is 0 Å². The van der Waals surface area contributed by atoms with Crippen molar-refractivity contribution in [3.8, 4) is 0 Å². The van der Waals surface area contributed by atoms with Gasteiger partial charge in [0.25, 0.3) is 5.91 Å². The molecule has 0 aliphatic carbocycles. The van der Waals surface area contributed by atoms with Crippen LogP contribution in [0.2, 0.25) is 0 Å². The van der Waals surface area contributed by atoms with E-state index in [1.165, 1.54) is 0 Å². The van der Waals surface area contributed by atoms with E-state index in [1.807, 2.05) is 0 Å². The zero-order valence-corrected chi connectivity index (χ0v) is 8.63. The first-order chi connectivity index (χ1) is 5.45. The van der Waals surface area contributed by atoms with E-state index in [-0.39, 0.29) is 12.0 Å². The molecule has 1 atom stereocenters. The summed E-state index contributed by atoms with van der Waals surface area (Å²) in [6.45, 7) is 6.55. The highest BCUT2D eigenvalue weighted by Crippen LogP contribution is 1.99. The Morgan fingerprint density at radius 2 is 1.83 bits per heavy atom. The maximum absolute atomic E-state index is 11.3. The maximum Gasteiger partial charge on any atom is 0.250 e. The molecule has 0 saturated heterocycles. The van der Waals surface area contributed by atoms with Crippen molar-refractivity contribution in [1.82, 2.24) is 4.90 Å². The standard InChI is InChI=1S/C9H19NO2/c1-7(2)6-12-8(3)9(11)10(4)5/h7-8H,6H2,1-5H3.